The highest BCUT2D eigenvalue weighted by atomic mass is 79.9. The topological polar surface area (TPSA) is 92.9 Å². The lowest BCUT2D eigenvalue weighted by molar-refractivity contribution is -0.139. The largest absolute Gasteiger partial charge is 0.481 e. The first-order valence-corrected chi connectivity index (χ1v) is 7.62. The summed E-state index contributed by atoms with van der Waals surface area (Å²) in [6.07, 6.45) is 0. The van der Waals surface area contributed by atoms with Gasteiger partial charge in [0.05, 0.1) is 12.1 Å². The third kappa shape index (κ3) is 4.69. The van der Waals surface area contributed by atoms with Gasteiger partial charge in [-0.1, -0.05) is 32.5 Å². The van der Waals surface area contributed by atoms with E-state index in [-0.39, 0.29) is 28.7 Å². The van der Waals surface area contributed by atoms with Crippen molar-refractivity contribution in [2.24, 2.45) is 0 Å². The van der Waals surface area contributed by atoms with Gasteiger partial charge in [0.15, 0.2) is 6.61 Å². The number of benzene rings is 2. The number of aliphatic carboxylic acids is 1. The van der Waals surface area contributed by atoms with Crippen LogP contribution in [0.1, 0.15) is 15.9 Å². The van der Waals surface area contributed by atoms with Crippen LogP contribution in [0, 0.1) is 0 Å². The number of carboxylic acids is 1. The Labute approximate surface area is 145 Å². The molecule has 2 aromatic rings. The monoisotopic (exact) mass is 396 g/mol. The van der Waals surface area contributed by atoms with E-state index >= 15 is 0 Å². The van der Waals surface area contributed by atoms with E-state index in [1.54, 1.807) is 24.3 Å². The van der Waals surface area contributed by atoms with E-state index in [2.05, 4.69) is 15.9 Å². The number of nitrogen functional groups attached to an aromatic ring is 1. The van der Waals surface area contributed by atoms with Crippen molar-refractivity contribution in [2.45, 2.75) is 6.54 Å². The molecule has 1 amide bonds. The molecule has 0 saturated carbocycles. The van der Waals surface area contributed by atoms with Crippen molar-refractivity contribution in [2.75, 3.05) is 12.3 Å². The van der Waals surface area contributed by atoms with Gasteiger partial charge < -0.3 is 15.6 Å². The highest BCUT2D eigenvalue weighted by Crippen LogP contribution is 2.24. The Morgan fingerprint density at radius 3 is 2.50 bits per heavy atom. The van der Waals surface area contributed by atoms with Gasteiger partial charge in [0, 0.05) is 10.2 Å². The standard InChI is InChI=1S/C16H14BrFN2O4/c17-11-3-1-10(2-4-11)8-20(18)16(23)13-7-12(19)5-6-14(13)24-9-15(21)22/h1-7H,8-9,19H2,(H,21,22). The molecule has 0 aliphatic carbocycles. The van der Waals surface area contributed by atoms with Crippen molar-refractivity contribution in [3.63, 3.8) is 0 Å². The van der Waals surface area contributed by atoms with Crippen molar-refractivity contribution < 1.29 is 23.9 Å². The number of carbonyl (C=O) groups excluding carboxylic acids is 1. The fourth-order valence-corrected chi connectivity index (χ4v) is 2.20. The van der Waals surface area contributed by atoms with Crippen LogP contribution in [0.2, 0.25) is 0 Å². The van der Waals surface area contributed by atoms with Crippen LogP contribution in [0.5, 0.6) is 5.75 Å². The molecular formula is C16H14BrFN2O4. The first kappa shape index (κ1) is 17.7. The molecule has 0 bridgehead atoms. The Morgan fingerprint density at radius 2 is 1.88 bits per heavy atom. The Kier molecular flexibility index (Phi) is 5.75. The molecule has 0 heterocycles. The summed E-state index contributed by atoms with van der Waals surface area (Å²) < 4.78 is 20.1. The van der Waals surface area contributed by atoms with Crippen LogP contribution in [-0.4, -0.2) is 28.7 Å². The number of carbonyl (C=O) groups is 2. The third-order valence-electron chi connectivity index (χ3n) is 3.04. The van der Waals surface area contributed by atoms with Gasteiger partial charge in [0.2, 0.25) is 0 Å². The molecular weight excluding hydrogens is 383 g/mol. The molecule has 0 spiro atoms. The minimum atomic E-state index is -1.21. The van der Waals surface area contributed by atoms with Crippen LogP contribution in [0.25, 0.3) is 0 Å². The lowest BCUT2D eigenvalue weighted by atomic mass is 10.1. The minimum Gasteiger partial charge on any atom is -0.481 e. The molecule has 8 heteroatoms. The predicted octanol–water partition coefficient (Wildman–Crippen LogP) is 3.02. The maximum Gasteiger partial charge on any atom is 0.341 e. The molecule has 0 aliphatic rings. The van der Waals surface area contributed by atoms with Gasteiger partial charge >= 0.3 is 5.97 Å². The number of nitrogens with zero attached hydrogens (tertiary/aromatic N) is 1. The summed E-state index contributed by atoms with van der Waals surface area (Å²) in [4.78, 5) is 22.9. The van der Waals surface area contributed by atoms with E-state index in [0.717, 1.165) is 4.47 Å². The van der Waals surface area contributed by atoms with Crippen LogP contribution in [0.3, 0.4) is 0 Å². The number of hydrogen-bond acceptors (Lipinski definition) is 4. The molecule has 6 nitrogen and oxygen atoms in total. The Hall–Kier alpha value is -2.61. The molecule has 0 fully saturated rings. The SMILES string of the molecule is Nc1ccc(OCC(=O)O)c(C(=O)N(F)Cc2ccc(Br)cc2)c1. The first-order valence-electron chi connectivity index (χ1n) is 6.83. The fourth-order valence-electron chi connectivity index (χ4n) is 1.93. The third-order valence-corrected chi connectivity index (χ3v) is 3.57. The molecule has 2 aromatic carbocycles. The summed E-state index contributed by atoms with van der Waals surface area (Å²) in [7, 11) is 0. The van der Waals surface area contributed by atoms with Crippen molar-refractivity contribution in [3.8, 4) is 5.75 Å². The smallest absolute Gasteiger partial charge is 0.341 e. The second kappa shape index (κ2) is 7.78. The number of halogens is 2. The van der Waals surface area contributed by atoms with Crippen LogP contribution in [0.15, 0.2) is 46.9 Å². The minimum absolute atomic E-state index is 0.0195. The van der Waals surface area contributed by atoms with Crippen LogP contribution in [-0.2, 0) is 11.3 Å². The highest BCUT2D eigenvalue weighted by Gasteiger charge is 2.21. The van der Waals surface area contributed by atoms with E-state index in [9.17, 15) is 14.1 Å². The van der Waals surface area contributed by atoms with E-state index in [0.29, 0.717) is 5.56 Å². The molecule has 0 aromatic heterocycles. The maximum atomic E-state index is 14.2. The molecule has 0 saturated heterocycles. The van der Waals surface area contributed by atoms with Crippen LogP contribution in [0.4, 0.5) is 10.2 Å². The molecule has 0 radical (unpaired) electrons. The maximum absolute atomic E-state index is 14.2. The second-order valence-corrected chi connectivity index (χ2v) is 5.81. The van der Waals surface area contributed by atoms with Gasteiger partial charge in [-0.25, -0.2) is 4.79 Å². The Balaban J connectivity index is 2.19. The van der Waals surface area contributed by atoms with Crippen LogP contribution >= 0.6 is 15.9 Å². The summed E-state index contributed by atoms with van der Waals surface area (Å²) in [5, 5.41) is 8.68. The van der Waals surface area contributed by atoms with Gasteiger partial charge in [0.25, 0.3) is 5.91 Å². The number of nitrogens with two attached hydrogens (primary N) is 1. The lowest BCUT2D eigenvalue weighted by Crippen LogP contribution is -2.23. The Bertz CT molecular complexity index is 752. The van der Waals surface area contributed by atoms with Gasteiger partial charge in [-0.15, -0.1) is 0 Å². The number of carboxylic acid groups (broad SMARTS) is 1. The molecule has 126 valence electrons. The predicted molar refractivity (Wildman–Crippen MR) is 89.1 cm³/mol. The van der Waals surface area contributed by atoms with E-state index in [4.69, 9.17) is 15.6 Å². The average Bonchev–Trinajstić information content (AvgIpc) is 2.55. The number of amides is 1. The second-order valence-electron chi connectivity index (χ2n) is 4.89. The normalized spacial score (nSPS) is 10.2. The molecule has 0 atom stereocenters. The number of anilines is 1. The quantitative estimate of drug-likeness (QED) is 0.578. The zero-order chi connectivity index (χ0) is 17.7. The van der Waals surface area contributed by atoms with Gasteiger partial charge in [-0.3, -0.25) is 4.79 Å². The summed E-state index contributed by atoms with van der Waals surface area (Å²) in [5.74, 6) is -2.22. The van der Waals surface area contributed by atoms with Gasteiger partial charge in [-0.2, -0.15) is 5.12 Å². The van der Waals surface area contributed by atoms with E-state index in [1.807, 2.05) is 0 Å². The molecule has 24 heavy (non-hydrogen) atoms. The zero-order valence-electron chi connectivity index (χ0n) is 12.4. The molecule has 2 rings (SSSR count). The van der Waals surface area contributed by atoms with Crippen molar-refractivity contribution in [1.29, 1.82) is 0 Å². The van der Waals surface area contributed by atoms with Gasteiger partial charge in [0.1, 0.15) is 5.75 Å². The number of hydrogen-bond donors (Lipinski definition) is 2. The molecule has 0 aliphatic heterocycles. The lowest BCUT2D eigenvalue weighted by Gasteiger charge is -2.15. The molecule has 0 unspecified atom stereocenters. The van der Waals surface area contributed by atoms with Crippen molar-refractivity contribution in [3.05, 3.63) is 58.1 Å². The van der Waals surface area contributed by atoms with E-state index < -0.39 is 18.5 Å². The summed E-state index contributed by atoms with van der Waals surface area (Å²) in [6, 6.07) is 10.8. The van der Waals surface area contributed by atoms with Gasteiger partial charge in [-0.05, 0) is 35.9 Å². The summed E-state index contributed by atoms with van der Waals surface area (Å²) in [5.41, 5.74) is 6.30. The van der Waals surface area contributed by atoms with Crippen molar-refractivity contribution in [1.82, 2.24) is 5.12 Å². The van der Waals surface area contributed by atoms with Crippen LogP contribution < -0.4 is 10.5 Å². The van der Waals surface area contributed by atoms with Crippen molar-refractivity contribution >= 4 is 33.5 Å². The summed E-state index contributed by atoms with van der Waals surface area (Å²) >= 11 is 3.27. The average molecular weight is 397 g/mol. The zero-order valence-corrected chi connectivity index (χ0v) is 14.0. The fraction of sp³-hybridized carbons (Fsp3) is 0.125. The summed E-state index contributed by atoms with van der Waals surface area (Å²) in [6.45, 7) is -0.914. The first-order chi connectivity index (χ1) is 11.4. The number of ether oxygens (including phenoxy) is 1. The molecule has 3 N–H and O–H groups in total. The highest BCUT2D eigenvalue weighted by molar-refractivity contribution is 9.10. The number of rotatable bonds is 6. The van der Waals surface area contributed by atoms with E-state index in [1.165, 1.54) is 18.2 Å². The Morgan fingerprint density at radius 1 is 1.21 bits per heavy atom.